The zero-order valence-electron chi connectivity index (χ0n) is 12.9. The molecule has 2 aromatic rings. The molecule has 1 aliphatic heterocycles. The summed E-state index contributed by atoms with van der Waals surface area (Å²) in [5, 5.41) is 3.61. The van der Waals surface area contributed by atoms with Crippen molar-refractivity contribution in [3.8, 4) is 5.75 Å². The highest BCUT2D eigenvalue weighted by Gasteiger charge is 2.17. The Labute approximate surface area is 141 Å². The van der Waals surface area contributed by atoms with Gasteiger partial charge in [0, 0.05) is 6.04 Å². The van der Waals surface area contributed by atoms with Crippen molar-refractivity contribution in [3.63, 3.8) is 0 Å². The van der Waals surface area contributed by atoms with E-state index in [0.29, 0.717) is 12.6 Å². The standard InChI is InChI=1S/C19H22BrNO/c1-14-11-16(18-9-5-6-10-21-18)12-17(20)19(14)22-13-15-7-3-2-4-8-15/h2-4,7-8,11-12,18,21H,5-6,9-10,13H2,1H3. The lowest BCUT2D eigenvalue weighted by Gasteiger charge is -2.25. The third-order valence-electron chi connectivity index (χ3n) is 4.19. The number of rotatable bonds is 4. The van der Waals surface area contributed by atoms with Crippen LogP contribution in [0, 0.1) is 6.92 Å². The van der Waals surface area contributed by atoms with E-state index in [1.54, 1.807) is 0 Å². The van der Waals surface area contributed by atoms with Gasteiger partial charge in [-0.3, -0.25) is 0 Å². The topological polar surface area (TPSA) is 21.3 Å². The van der Waals surface area contributed by atoms with Crippen LogP contribution in [0.15, 0.2) is 46.9 Å². The molecule has 1 fully saturated rings. The zero-order valence-corrected chi connectivity index (χ0v) is 14.5. The number of halogens is 1. The number of hydrogen-bond donors (Lipinski definition) is 1. The summed E-state index contributed by atoms with van der Waals surface area (Å²) in [6.07, 6.45) is 3.81. The Hall–Kier alpha value is -1.32. The Kier molecular flexibility index (Phi) is 5.16. The molecule has 3 heteroatoms. The molecule has 1 aliphatic rings. The Balaban J connectivity index is 1.74. The van der Waals surface area contributed by atoms with Crippen LogP contribution in [0.1, 0.15) is 42.0 Å². The van der Waals surface area contributed by atoms with Crippen LogP contribution < -0.4 is 10.1 Å². The molecule has 0 radical (unpaired) electrons. The van der Waals surface area contributed by atoms with Gasteiger partial charge in [0.2, 0.25) is 0 Å². The van der Waals surface area contributed by atoms with E-state index in [-0.39, 0.29) is 0 Å². The lowest BCUT2D eigenvalue weighted by atomic mass is 9.96. The van der Waals surface area contributed by atoms with E-state index in [1.807, 2.05) is 18.2 Å². The maximum atomic E-state index is 6.03. The molecule has 1 atom stereocenters. The van der Waals surface area contributed by atoms with Crippen LogP contribution in [0.25, 0.3) is 0 Å². The van der Waals surface area contributed by atoms with Crippen LogP contribution in [0.4, 0.5) is 0 Å². The third-order valence-corrected chi connectivity index (χ3v) is 4.78. The second-order valence-corrected chi connectivity index (χ2v) is 6.78. The highest BCUT2D eigenvalue weighted by atomic mass is 79.9. The van der Waals surface area contributed by atoms with Gasteiger partial charge in [-0.2, -0.15) is 0 Å². The quantitative estimate of drug-likeness (QED) is 0.814. The van der Waals surface area contributed by atoms with Crippen molar-refractivity contribution < 1.29 is 4.74 Å². The van der Waals surface area contributed by atoms with Crippen molar-refractivity contribution in [1.29, 1.82) is 0 Å². The molecule has 2 aromatic carbocycles. The van der Waals surface area contributed by atoms with E-state index in [4.69, 9.17) is 4.74 Å². The fourth-order valence-corrected chi connectivity index (χ4v) is 3.70. The van der Waals surface area contributed by atoms with E-state index < -0.39 is 0 Å². The minimum Gasteiger partial charge on any atom is -0.487 e. The predicted octanol–water partition coefficient (Wildman–Crippen LogP) is 5.15. The minimum atomic E-state index is 0.479. The summed E-state index contributed by atoms with van der Waals surface area (Å²) in [4.78, 5) is 0. The molecule has 22 heavy (non-hydrogen) atoms. The van der Waals surface area contributed by atoms with E-state index in [1.165, 1.54) is 36.0 Å². The number of hydrogen-bond acceptors (Lipinski definition) is 2. The number of benzene rings is 2. The number of aryl methyl sites for hydroxylation is 1. The lowest BCUT2D eigenvalue weighted by Crippen LogP contribution is -2.26. The van der Waals surface area contributed by atoms with Gasteiger partial charge in [0.15, 0.2) is 0 Å². The van der Waals surface area contributed by atoms with Crippen LogP contribution in [0.5, 0.6) is 5.75 Å². The Morgan fingerprint density at radius 3 is 2.68 bits per heavy atom. The molecule has 1 heterocycles. The molecule has 1 saturated heterocycles. The molecular formula is C19H22BrNO. The summed E-state index contributed by atoms with van der Waals surface area (Å²) in [6.45, 7) is 3.84. The van der Waals surface area contributed by atoms with Crippen molar-refractivity contribution >= 4 is 15.9 Å². The van der Waals surface area contributed by atoms with Crippen molar-refractivity contribution in [2.24, 2.45) is 0 Å². The molecule has 0 bridgehead atoms. The number of piperidine rings is 1. The summed E-state index contributed by atoms with van der Waals surface area (Å²) in [5.74, 6) is 0.948. The van der Waals surface area contributed by atoms with E-state index >= 15 is 0 Å². The van der Waals surface area contributed by atoms with Crippen LogP contribution >= 0.6 is 15.9 Å². The van der Waals surface area contributed by atoms with Gasteiger partial charge in [-0.1, -0.05) is 42.8 Å². The molecule has 1 N–H and O–H groups in total. The molecule has 0 aromatic heterocycles. The fourth-order valence-electron chi connectivity index (χ4n) is 3.01. The molecule has 0 saturated carbocycles. The monoisotopic (exact) mass is 359 g/mol. The molecule has 2 nitrogen and oxygen atoms in total. The van der Waals surface area contributed by atoms with E-state index in [0.717, 1.165) is 16.8 Å². The molecule has 0 aliphatic carbocycles. The number of ether oxygens (including phenoxy) is 1. The lowest BCUT2D eigenvalue weighted by molar-refractivity contribution is 0.301. The minimum absolute atomic E-state index is 0.479. The van der Waals surface area contributed by atoms with Gasteiger partial charge in [-0.15, -0.1) is 0 Å². The third kappa shape index (κ3) is 3.71. The average molecular weight is 360 g/mol. The zero-order chi connectivity index (χ0) is 15.4. The van der Waals surface area contributed by atoms with Gasteiger partial charge in [0.1, 0.15) is 12.4 Å². The second-order valence-electron chi connectivity index (χ2n) is 5.93. The Bertz CT molecular complexity index is 598. The first-order chi connectivity index (χ1) is 10.7. The Morgan fingerprint density at radius 1 is 1.18 bits per heavy atom. The van der Waals surface area contributed by atoms with Crippen LogP contribution in [0.2, 0.25) is 0 Å². The predicted molar refractivity (Wildman–Crippen MR) is 94.2 cm³/mol. The molecule has 0 spiro atoms. The smallest absolute Gasteiger partial charge is 0.136 e. The molecular weight excluding hydrogens is 338 g/mol. The van der Waals surface area contributed by atoms with Crippen molar-refractivity contribution in [2.45, 2.75) is 38.8 Å². The van der Waals surface area contributed by atoms with Gasteiger partial charge in [-0.05, 0) is 65.0 Å². The fraction of sp³-hybridized carbons (Fsp3) is 0.368. The largest absolute Gasteiger partial charge is 0.487 e. The summed E-state index contributed by atoms with van der Waals surface area (Å²) in [7, 11) is 0. The maximum absolute atomic E-state index is 6.03. The van der Waals surface area contributed by atoms with Crippen molar-refractivity contribution in [2.75, 3.05) is 6.54 Å². The normalized spacial score (nSPS) is 18.2. The van der Waals surface area contributed by atoms with Gasteiger partial charge in [0.05, 0.1) is 4.47 Å². The van der Waals surface area contributed by atoms with Gasteiger partial charge >= 0.3 is 0 Å². The average Bonchev–Trinajstić information content (AvgIpc) is 2.56. The van der Waals surface area contributed by atoms with Gasteiger partial charge in [0.25, 0.3) is 0 Å². The second kappa shape index (κ2) is 7.30. The van der Waals surface area contributed by atoms with Crippen LogP contribution in [-0.4, -0.2) is 6.54 Å². The molecule has 116 valence electrons. The van der Waals surface area contributed by atoms with Crippen molar-refractivity contribution in [3.05, 3.63) is 63.6 Å². The first-order valence-corrected chi connectivity index (χ1v) is 8.73. The van der Waals surface area contributed by atoms with E-state index in [2.05, 4.69) is 52.4 Å². The Morgan fingerprint density at radius 2 is 2.00 bits per heavy atom. The summed E-state index contributed by atoms with van der Waals surface area (Å²) >= 11 is 3.69. The SMILES string of the molecule is Cc1cc(C2CCCCN2)cc(Br)c1OCc1ccccc1. The first-order valence-electron chi connectivity index (χ1n) is 7.94. The highest BCUT2D eigenvalue weighted by molar-refractivity contribution is 9.10. The molecule has 1 unspecified atom stereocenters. The summed E-state index contributed by atoms with van der Waals surface area (Å²) in [5.41, 5.74) is 3.73. The molecule has 3 rings (SSSR count). The van der Waals surface area contributed by atoms with E-state index in [9.17, 15) is 0 Å². The maximum Gasteiger partial charge on any atom is 0.136 e. The first kappa shape index (κ1) is 15.6. The van der Waals surface area contributed by atoms with Crippen LogP contribution in [0.3, 0.4) is 0 Å². The van der Waals surface area contributed by atoms with Gasteiger partial charge < -0.3 is 10.1 Å². The summed E-state index contributed by atoms with van der Waals surface area (Å²) < 4.78 is 7.08. The van der Waals surface area contributed by atoms with Crippen molar-refractivity contribution in [1.82, 2.24) is 5.32 Å². The highest BCUT2D eigenvalue weighted by Crippen LogP contribution is 2.34. The summed E-state index contributed by atoms with van der Waals surface area (Å²) in [6, 6.07) is 15.2. The number of nitrogens with one attached hydrogen (secondary N) is 1. The molecule has 0 amide bonds. The van der Waals surface area contributed by atoms with Gasteiger partial charge in [-0.25, -0.2) is 0 Å². The van der Waals surface area contributed by atoms with Crippen LogP contribution in [-0.2, 0) is 6.61 Å².